The third-order valence-electron chi connectivity index (χ3n) is 2.46. The fourth-order valence-corrected chi connectivity index (χ4v) is 2.00. The van der Waals surface area contributed by atoms with Crippen LogP contribution in [0.2, 0.25) is 5.28 Å². The molecule has 0 unspecified atom stereocenters. The van der Waals surface area contributed by atoms with Gasteiger partial charge >= 0.3 is 12.0 Å². The molecule has 20 heavy (non-hydrogen) atoms. The van der Waals surface area contributed by atoms with Crippen LogP contribution in [0.25, 0.3) is 0 Å². The fraction of sp³-hybridized carbons (Fsp3) is 0.308. The summed E-state index contributed by atoms with van der Waals surface area (Å²) in [4.78, 5) is 11.8. The minimum Gasteiger partial charge on any atom is -0.464 e. The van der Waals surface area contributed by atoms with Crippen LogP contribution in [0, 0.1) is 13.8 Å². The average Bonchev–Trinajstić information content (AvgIpc) is 2.35. The molecule has 0 N–H and O–H groups in total. The Labute approximate surface area is 130 Å². The average molecular weight is 359 g/mol. The van der Waals surface area contributed by atoms with E-state index in [4.69, 9.17) is 21.1 Å². The predicted molar refractivity (Wildman–Crippen MR) is 79.7 cm³/mol. The van der Waals surface area contributed by atoms with Crippen LogP contribution in [-0.2, 0) is 0 Å². The topological polar surface area (TPSA) is 57.1 Å². The number of rotatable bonds is 4. The van der Waals surface area contributed by atoms with Crippen molar-refractivity contribution in [2.75, 3.05) is 6.61 Å². The highest BCUT2D eigenvalue weighted by atomic mass is 79.9. The zero-order valence-corrected chi connectivity index (χ0v) is 13.6. The molecule has 0 fully saturated rings. The van der Waals surface area contributed by atoms with Crippen LogP contribution in [0.3, 0.4) is 0 Å². The van der Waals surface area contributed by atoms with Gasteiger partial charge < -0.3 is 9.47 Å². The molecule has 0 amide bonds. The normalized spacial score (nSPS) is 10.4. The Morgan fingerprint density at radius 1 is 1.10 bits per heavy atom. The van der Waals surface area contributed by atoms with Crippen LogP contribution in [0.4, 0.5) is 0 Å². The summed E-state index contributed by atoms with van der Waals surface area (Å²) in [5.41, 5.74) is 2.12. The number of benzene rings is 1. The molecule has 2 rings (SSSR count). The van der Waals surface area contributed by atoms with Crippen LogP contribution in [0.1, 0.15) is 18.1 Å². The Kier molecular flexibility index (Phi) is 4.77. The largest absolute Gasteiger partial charge is 0.464 e. The summed E-state index contributed by atoms with van der Waals surface area (Å²) in [5.74, 6) is 0.632. The van der Waals surface area contributed by atoms with Crippen molar-refractivity contribution in [2.45, 2.75) is 20.8 Å². The Hall–Kier alpha value is -1.40. The standard InChI is InChI=1S/C13H13BrClN3O2/c1-4-19-12-16-11(15)17-13(18-12)20-9-5-7(2)10(14)8(3)6-9/h5-6H,4H2,1-3H3. The van der Waals surface area contributed by atoms with Crippen LogP contribution in [0.5, 0.6) is 17.8 Å². The summed E-state index contributed by atoms with van der Waals surface area (Å²) in [6.45, 7) is 6.24. The third kappa shape index (κ3) is 3.58. The molecule has 2 aromatic rings. The molecule has 0 atom stereocenters. The van der Waals surface area contributed by atoms with Gasteiger partial charge in [0.25, 0.3) is 0 Å². The molecule has 0 aliphatic rings. The van der Waals surface area contributed by atoms with Gasteiger partial charge in [0.1, 0.15) is 5.75 Å². The van der Waals surface area contributed by atoms with Crippen LogP contribution in [0.15, 0.2) is 16.6 Å². The zero-order chi connectivity index (χ0) is 14.7. The molecule has 0 bridgehead atoms. The summed E-state index contributed by atoms with van der Waals surface area (Å²) in [6, 6.07) is 4.02. The van der Waals surface area contributed by atoms with E-state index in [0.717, 1.165) is 15.6 Å². The molecule has 0 aliphatic heterocycles. The molecule has 0 saturated heterocycles. The second-order valence-corrected chi connectivity index (χ2v) is 5.21. The monoisotopic (exact) mass is 357 g/mol. The molecule has 5 nitrogen and oxygen atoms in total. The zero-order valence-electron chi connectivity index (χ0n) is 11.3. The van der Waals surface area contributed by atoms with Crippen LogP contribution in [-0.4, -0.2) is 21.6 Å². The van der Waals surface area contributed by atoms with Gasteiger partial charge in [-0.2, -0.15) is 9.97 Å². The van der Waals surface area contributed by atoms with Crippen molar-refractivity contribution in [3.63, 3.8) is 0 Å². The lowest BCUT2D eigenvalue weighted by atomic mass is 10.1. The van der Waals surface area contributed by atoms with E-state index in [0.29, 0.717) is 12.4 Å². The number of aromatic nitrogens is 3. The number of aryl methyl sites for hydroxylation is 2. The Morgan fingerprint density at radius 3 is 2.30 bits per heavy atom. The van der Waals surface area contributed by atoms with Crippen molar-refractivity contribution < 1.29 is 9.47 Å². The molecular weight excluding hydrogens is 346 g/mol. The van der Waals surface area contributed by atoms with Gasteiger partial charge in [0.05, 0.1) is 6.61 Å². The molecule has 1 aromatic heterocycles. The number of ether oxygens (including phenoxy) is 2. The Balaban J connectivity index is 2.30. The fourth-order valence-electron chi connectivity index (χ4n) is 1.62. The highest BCUT2D eigenvalue weighted by Gasteiger charge is 2.10. The van der Waals surface area contributed by atoms with E-state index < -0.39 is 0 Å². The number of hydrogen-bond donors (Lipinski definition) is 0. The first-order valence-corrected chi connectivity index (χ1v) is 7.15. The molecule has 0 saturated carbocycles. The third-order valence-corrected chi connectivity index (χ3v) is 3.88. The van der Waals surface area contributed by atoms with E-state index in [-0.39, 0.29) is 17.3 Å². The van der Waals surface area contributed by atoms with Crippen molar-refractivity contribution in [3.8, 4) is 17.8 Å². The summed E-state index contributed by atoms with van der Waals surface area (Å²) < 4.78 is 11.9. The quantitative estimate of drug-likeness (QED) is 0.823. The van der Waals surface area contributed by atoms with Gasteiger partial charge in [0, 0.05) is 4.47 Å². The second-order valence-electron chi connectivity index (χ2n) is 4.08. The van der Waals surface area contributed by atoms with Crippen molar-refractivity contribution in [2.24, 2.45) is 0 Å². The SMILES string of the molecule is CCOc1nc(Cl)nc(Oc2cc(C)c(Br)c(C)c2)n1. The summed E-state index contributed by atoms with van der Waals surface area (Å²) in [5, 5.41) is 0.0315. The van der Waals surface area contributed by atoms with E-state index in [1.165, 1.54) is 0 Å². The number of halogens is 2. The molecule has 1 heterocycles. The van der Waals surface area contributed by atoms with Crippen LogP contribution >= 0.6 is 27.5 Å². The van der Waals surface area contributed by atoms with E-state index in [1.54, 1.807) is 0 Å². The summed E-state index contributed by atoms with van der Waals surface area (Å²) in [6.07, 6.45) is 0. The first kappa shape index (κ1) is 15.0. The Morgan fingerprint density at radius 2 is 1.70 bits per heavy atom. The van der Waals surface area contributed by atoms with Crippen molar-refractivity contribution in [1.29, 1.82) is 0 Å². The maximum atomic E-state index is 5.81. The lowest BCUT2D eigenvalue weighted by molar-refractivity contribution is 0.303. The minimum absolute atomic E-state index is 0.0315. The highest BCUT2D eigenvalue weighted by Crippen LogP contribution is 2.28. The first-order chi connectivity index (χ1) is 9.49. The molecule has 1 aromatic carbocycles. The number of hydrogen-bond acceptors (Lipinski definition) is 5. The lowest BCUT2D eigenvalue weighted by Crippen LogP contribution is -2.01. The summed E-state index contributed by atoms with van der Waals surface area (Å²) >= 11 is 9.31. The van der Waals surface area contributed by atoms with Gasteiger partial charge in [-0.15, -0.1) is 4.98 Å². The maximum absolute atomic E-state index is 5.81. The smallest absolute Gasteiger partial charge is 0.329 e. The first-order valence-electron chi connectivity index (χ1n) is 5.98. The molecule has 0 spiro atoms. The van der Waals surface area contributed by atoms with Crippen molar-refractivity contribution in [1.82, 2.24) is 15.0 Å². The number of nitrogens with zero attached hydrogens (tertiary/aromatic N) is 3. The second kappa shape index (κ2) is 6.37. The van der Waals surface area contributed by atoms with Gasteiger partial charge in [-0.3, -0.25) is 0 Å². The molecular formula is C13H13BrClN3O2. The summed E-state index contributed by atoms with van der Waals surface area (Å²) in [7, 11) is 0. The van der Waals surface area contributed by atoms with Crippen molar-refractivity contribution in [3.05, 3.63) is 33.0 Å². The lowest BCUT2D eigenvalue weighted by Gasteiger charge is -2.09. The minimum atomic E-state index is 0.0315. The molecule has 0 radical (unpaired) electrons. The van der Waals surface area contributed by atoms with E-state index in [9.17, 15) is 0 Å². The predicted octanol–water partition coefficient (Wildman–Crippen LogP) is 4.10. The van der Waals surface area contributed by atoms with E-state index in [1.807, 2.05) is 32.9 Å². The van der Waals surface area contributed by atoms with E-state index >= 15 is 0 Å². The van der Waals surface area contributed by atoms with Gasteiger partial charge in [-0.25, -0.2) is 0 Å². The van der Waals surface area contributed by atoms with Crippen molar-refractivity contribution >= 4 is 27.5 Å². The Bertz CT molecular complexity index is 614. The van der Waals surface area contributed by atoms with Gasteiger partial charge in [0.2, 0.25) is 5.28 Å². The maximum Gasteiger partial charge on any atom is 0.329 e. The van der Waals surface area contributed by atoms with E-state index in [2.05, 4.69) is 30.9 Å². The van der Waals surface area contributed by atoms with Gasteiger partial charge in [0.15, 0.2) is 0 Å². The van der Waals surface area contributed by atoms with Gasteiger partial charge in [-0.05, 0) is 55.6 Å². The highest BCUT2D eigenvalue weighted by molar-refractivity contribution is 9.10. The van der Waals surface area contributed by atoms with Crippen LogP contribution < -0.4 is 9.47 Å². The molecule has 0 aliphatic carbocycles. The molecule has 106 valence electrons. The van der Waals surface area contributed by atoms with Gasteiger partial charge in [-0.1, -0.05) is 15.9 Å². The molecule has 7 heteroatoms.